The van der Waals surface area contributed by atoms with E-state index in [0.29, 0.717) is 18.8 Å². The van der Waals surface area contributed by atoms with Gasteiger partial charge in [0.1, 0.15) is 0 Å². The van der Waals surface area contributed by atoms with Gasteiger partial charge in [0.15, 0.2) is 0 Å². The minimum Gasteiger partial charge on any atom is -0.381 e. The van der Waals surface area contributed by atoms with Crippen LogP contribution in [-0.4, -0.2) is 60.5 Å². The van der Waals surface area contributed by atoms with Gasteiger partial charge in [0.05, 0.1) is 0 Å². The Morgan fingerprint density at radius 3 is 2.67 bits per heavy atom. The number of amides is 2. The third-order valence-electron chi connectivity index (χ3n) is 5.65. The fraction of sp³-hybridized carbons (Fsp3) is 0.875. The van der Waals surface area contributed by atoms with Gasteiger partial charge in [-0.2, -0.15) is 0 Å². The lowest BCUT2D eigenvalue weighted by Crippen LogP contribution is -2.53. The molecule has 0 radical (unpaired) electrons. The van der Waals surface area contributed by atoms with Crippen LogP contribution in [0.15, 0.2) is 0 Å². The predicted octanol–water partition coefficient (Wildman–Crippen LogP) is 1.42. The monoisotopic (exact) mass is 294 g/mol. The molecule has 1 atom stereocenters. The van der Waals surface area contributed by atoms with Crippen molar-refractivity contribution in [3.8, 4) is 0 Å². The molecule has 5 heteroatoms. The Balaban J connectivity index is 1.51. The van der Waals surface area contributed by atoms with E-state index in [9.17, 15) is 9.59 Å². The molecule has 0 saturated carbocycles. The summed E-state index contributed by atoms with van der Waals surface area (Å²) >= 11 is 0. The summed E-state index contributed by atoms with van der Waals surface area (Å²) in [4.78, 5) is 28.1. The molecule has 0 aromatic carbocycles. The zero-order valence-electron chi connectivity index (χ0n) is 13.0. The highest BCUT2D eigenvalue weighted by atomic mass is 16.5. The Morgan fingerprint density at radius 2 is 2.10 bits per heavy atom. The van der Waals surface area contributed by atoms with Crippen molar-refractivity contribution in [2.45, 2.75) is 50.5 Å². The first-order valence-corrected chi connectivity index (χ1v) is 8.23. The van der Waals surface area contributed by atoms with Gasteiger partial charge < -0.3 is 14.5 Å². The van der Waals surface area contributed by atoms with Crippen LogP contribution in [0.3, 0.4) is 0 Å². The zero-order chi connectivity index (χ0) is 14.9. The van der Waals surface area contributed by atoms with Crippen molar-refractivity contribution < 1.29 is 14.3 Å². The van der Waals surface area contributed by atoms with Crippen LogP contribution in [0, 0.1) is 5.92 Å². The van der Waals surface area contributed by atoms with Crippen molar-refractivity contribution in [1.82, 2.24) is 9.80 Å². The zero-order valence-corrected chi connectivity index (χ0v) is 13.0. The molecule has 1 spiro atoms. The number of rotatable bonds is 2. The second kappa shape index (κ2) is 5.95. The molecule has 118 valence electrons. The van der Waals surface area contributed by atoms with E-state index in [1.165, 1.54) is 0 Å². The fourth-order valence-corrected chi connectivity index (χ4v) is 4.04. The average molecular weight is 294 g/mol. The van der Waals surface area contributed by atoms with Gasteiger partial charge in [-0.25, -0.2) is 0 Å². The first-order valence-electron chi connectivity index (χ1n) is 8.23. The third kappa shape index (κ3) is 2.93. The van der Waals surface area contributed by atoms with Crippen LogP contribution >= 0.6 is 0 Å². The maximum absolute atomic E-state index is 12.4. The van der Waals surface area contributed by atoms with E-state index >= 15 is 0 Å². The second-order valence-corrected chi connectivity index (χ2v) is 6.85. The fourth-order valence-electron chi connectivity index (χ4n) is 4.04. The SMILES string of the molecule is CN1C(=O)CCC12CCN(C(=O)C[C@H]1CCCOC1)CC2. The van der Waals surface area contributed by atoms with Crippen LogP contribution in [-0.2, 0) is 14.3 Å². The Kier molecular flexibility index (Phi) is 4.20. The summed E-state index contributed by atoms with van der Waals surface area (Å²) in [6.45, 7) is 3.17. The van der Waals surface area contributed by atoms with Gasteiger partial charge in [0, 0.05) is 51.7 Å². The summed E-state index contributed by atoms with van der Waals surface area (Å²) in [5, 5.41) is 0. The van der Waals surface area contributed by atoms with Gasteiger partial charge in [0.2, 0.25) is 11.8 Å². The number of hydrogen-bond acceptors (Lipinski definition) is 3. The van der Waals surface area contributed by atoms with Gasteiger partial charge in [0.25, 0.3) is 0 Å². The highest BCUT2D eigenvalue weighted by molar-refractivity contribution is 5.80. The minimum absolute atomic E-state index is 0.0296. The van der Waals surface area contributed by atoms with Crippen LogP contribution in [0.4, 0.5) is 0 Å². The van der Waals surface area contributed by atoms with E-state index in [2.05, 4.69) is 0 Å². The summed E-state index contributed by atoms with van der Waals surface area (Å²) in [5.74, 6) is 0.930. The van der Waals surface area contributed by atoms with Crippen molar-refractivity contribution in [3.63, 3.8) is 0 Å². The molecule has 3 aliphatic rings. The Morgan fingerprint density at radius 1 is 1.33 bits per heavy atom. The molecule has 0 aliphatic carbocycles. The summed E-state index contributed by atoms with van der Waals surface area (Å²) < 4.78 is 5.46. The molecule has 0 unspecified atom stereocenters. The summed E-state index contributed by atoms with van der Waals surface area (Å²) in [5.41, 5.74) is 0.0296. The molecule has 3 rings (SSSR count). The number of carbonyl (C=O) groups is 2. The number of likely N-dealkylation sites (tertiary alicyclic amines) is 2. The lowest BCUT2D eigenvalue weighted by atomic mass is 9.85. The van der Waals surface area contributed by atoms with E-state index < -0.39 is 0 Å². The van der Waals surface area contributed by atoms with E-state index in [0.717, 1.165) is 58.4 Å². The van der Waals surface area contributed by atoms with Gasteiger partial charge >= 0.3 is 0 Å². The van der Waals surface area contributed by atoms with E-state index in [4.69, 9.17) is 4.74 Å². The molecule has 5 nitrogen and oxygen atoms in total. The topological polar surface area (TPSA) is 49.9 Å². The molecule has 3 saturated heterocycles. The molecule has 0 bridgehead atoms. The Labute approximate surface area is 126 Å². The Bertz CT molecular complexity index is 410. The average Bonchev–Trinajstić information content (AvgIpc) is 2.78. The Hall–Kier alpha value is -1.10. The van der Waals surface area contributed by atoms with E-state index in [-0.39, 0.29) is 17.4 Å². The van der Waals surface area contributed by atoms with Gasteiger partial charge in [-0.1, -0.05) is 0 Å². The lowest BCUT2D eigenvalue weighted by Gasteiger charge is -2.43. The molecule has 2 amide bonds. The molecular weight excluding hydrogens is 268 g/mol. The number of ether oxygens (including phenoxy) is 1. The lowest BCUT2D eigenvalue weighted by molar-refractivity contribution is -0.137. The van der Waals surface area contributed by atoms with E-state index in [1.807, 2.05) is 16.8 Å². The number of carbonyl (C=O) groups excluding carboxylic acids is 2. The standard InChI is InChI=1S/C16H26N2O3/c1-17-14(19)4-5-16(17)6-8-18(9-7-16)15(20)11-13-3-2-10-21-12-13/h13H,2-12H2,1H3/t13-/m1/s1. The van der Waals surface area contributed by atoms with Crippen LogP contribution in [0.2, 0.25) is 0 Å². The maximum Gasteiger partial charge on any atom is 0.222 e. The van der Waals surface area contributed by atoms with Crippen LogP contribution in [0.1, 0.15) is 44.9 Å². The van der Waals surface area contributed by atoms with Crippen LogP contribution < -0.4 is 0 Å². The molecule has 0 N–H and O–H groups in total. The summed E-state index contributed by atoms with van der Waals surface area (Å²) in [6, 6.07) is 0. The van der Waals surface area contributed by atoms with Gasteiger partial charge in [-0.3, -0.25) is 9.59 Å². The van der Waals surface area contributed by atoms with Crippen molar-refractivity contribution >= 4 is 11.8 Å². The molecule has 3 heterocycles. The minimum atomic E-state index is 0.0296. The van der Waals surface area contributed by atoms with Crippen LogP contribution in [0.5, 0.6) is 0 Å². The van der Waals surface area contributed by atoms with Crippen molar-refractivity contribution in [1.29, 1.82) is 0 Å². The van der Waals surface area contributed by atoms with Gasteiger partial charge in [-0.05, 0) is 38.0 Å². The molecule has 21 heavy (non-hydrogen) atoms. The number of nitrogens with zero attached hydrogens (tertiary/aromatic N) is 2. The summed E-state index contributed by atoms with van der Waals surface area (Å²) in [6.07, 6.45) is 6.31. The molecular formula is C16H26N2O3. The highest BCUT2D eigenvalue weighted by Crippen LogP contribution is 2.38. The molecule has 0 aromatic heterocycles. The third-order valence-corrected chi connectivity index (χ3v) is 5.65. The quantitative estimate of drug-likeness (QED) is 0.774. The van der Waals surface area contributed by atoms with E-state index in [1.54, 1.807) is 0 Å². The highest BCUT2D eigenvalue weighted by Gasteiger charge is 2.45. The first-order chi connectivity index (χ1) is 10.1. The first kappa shape index (κ1) is 14.8. The van der Waals surface area contributed by atoms with Crippen molar-refractivity contribution in [3.05, 3.63) is 0 Å². The smallest absolute Gasteiger partial charge is 0.222 e. The second-order valence-electron chi connectivity index (χ2n) is 6.85. The normalized spacial score (nSPS) is 29.2. The predicted molar refractivity (Wildman–Crippen MR) is 78.7 cm³/mol. The molecule has 3 aliphatic heterocycles. The maximum atomic E-state index is 12.4. The number of hydrogen-bond donors (Lipinski definition) is 0. The number of piperidine rings is 1. The van der Waals surface area contributed by atoms with Crippen molar-refractivity contribution in [2.75, 3.05) is 33.4 Å². The molecule has 0 aromatic rings. The summed E-state index contributed by atoms with van der Waals surface area (Å²) in [7, 11) is 1.92. The van der Waals surface area contributed by atoms with Gasteiger partial charge in [-0.15, -0.1) is 0 Å². The largest absolute Gasteiger partial charge is 0.381 e. The molecule has 3 fully saturated rings. The van der Waals surface area contributed by atoms with Crippen molar-refractivity contribution in [2.24, 2.45) is 5.92 Å². The van der Waals surface area contributed by atoms with Crippen LogP contribution in [0.25, 0.3) is 0 Å².